The molecule has 0 amide bonds. The number of hydrogen-bond acceptors (Lipinski definition) is 6. The van der Waals surface area contributed by atoms with Crippen LogP contribution in [0.1, 0.15) is 5.56 Å². The third kappa shape index (κ3) is 3.48. The van der Waals surface area contributed by atoms with Crippen molar-refractivity contribution in [2.75, 3.05) is 5.73 Å². The normalized spacial score (nSPS) is 11.8. The van der Waals surface area contributed by atoms with Crippen LogP contribution in [0.4, 0.5) is 19.0 Å². The highest BCUT2D eigenvalue weighted by Gasteiger charge is 2.30. The zero-order chi connectivity index (χ0) is 21.6. The average Bonchev–Trinajstić information content (AvgIpc) is 3.40. The van der Waals surface area contributed by atoms with E-state index in [0.29, 0.717) is 39.7 Å². The Hall–Kier alpha value is -4.21. The van der Waals surface area contributed by atoms with Gasteiger partial charge >= 0.3 is 6.18 Å². The van der Waals surface area contributed by atoms with Crippen LogP contribution < -0.4 is 5.73 Å². The molecule has 0 saturated carbocycles. The summed E-state index contributed by atoms with van der Waals surface area (Å²) in [6.45, 7) is 0. The molecule has 2 N–H and O–H groups in total. The van der Waals surface area contributed by atoms with E-state index in [1.54, 1.807) is 47.3 Å². The lowest BCUT2D eigenvalue weighted by Crippen LogP contribution is -2.04. The lowest BCUT2D eigenvalue weighted by molar-refractivity contribution is -0.137. The number of fused-ring (bicyclic) bond motifs is 1. The van der Waals surface area contributed by atoms with Crippen molar-refractivity contribution in [1.29, 1.82) is 0 Å². The minimum Gasteiger partial charge on any atom is -0.384 e. The molecule has 0 fully saturated rings. The van der Waals surface area contributed by atoms with E-state index >= 15 is 0 Å². The Bertz CT molecular complexity index is 1390. The molecule has 31 heavy (non-hydrogen) atoms. The molecular formula is C21H13F3N6O. The maximum absolute atomic E-state index is 12.8. The van der Waals surface area contributed by atoms with E-state index in [1.165, 1.54) is 12.1 Å². The van der Waals surface area contributed by atoms with Crippen molar-refractivity contribution < 1.29 is 17.7 Å². The Balaban J connectivity index is 1.53. The largest absolute Gasteiger partial charge is 0.416 e. The fraction of sp³-hybridized carbons (Fsp3) is 0.0476. The van der Waals surface area contributed by atoms with E-state index < -0.39 is 11.7 Å². The summed E-state index contributed by atoms with van der Waals surface area (Å²) < 4.78 is 45.6. The molecule has 4 heterocycles. The van der Waals surface area contributed by atoms with Crippen molar-refractivity contribution in [1.82, 2.24) is 24.5 Å². The molecule has 0 unspecified atom stereocenters. The van der Waals surface area contributed by atoms with Crippen molar-refractivity contribution >= 4 is 11.5 Å². The van der Waals surface area contributed by atoms with Gasteiger partial charge in [-0.05, 0) is 47.5 Å². The molecule has 10 heteroatoms. The van der Waals surface area contributed by atoms with Crippen LogP contribution in [0.3, 0.4) is 0 Å². The Morgan fingerprint density at radius 1 is 0.903 bits per heavy atom. The fourth-order valence-electron chi connectivity index (χ4n) is 3.19. The summed E-state index contributed by atoms with van der Waals surface area (Å²) in [5.41, 5.74) is 8.17. The van der Waals surface area contributed by atoms with Crippen LogP contribution in [0, 0.1) is 0 Å². The first-order valence-electron chi connectivity index (χ1n) is 9.09. The maximum Gasteiger partial charge on any atom is 0.416 e. The summed E-state index contributed by atoms with van der Waals surface area (Å²) in [6, 6.07) is 11.9. The molecule has 0 spiro atoms. The number of nitrogens with two attached hydrogens (primary N) is 1. The van der Waals surface area contributed by atoms with Crippen LogP contribution >= 0.6 is 0 Å². The molecule has 4 aromatic heterocycles. The first kappa shape index (κ1) is 18.8. The number of imidazole rings is 1. The van der Waals surface area contributed by atoms with Crippen molar-refractivity contribution in [3.63, 3.8) is 0 Å². The van der Waals surface area contributed by atoms with Gasteiger partial charge in [-0.3, -0.25) is 4.40 Å². The molecule has 5 aromatic rings. The first-order chi connectivity index (χ1) is 14.9. The molecule has 0 radical (unpaired) electrons. The predicted molar refractivity (Wildman–Crippen MR) is 107 cm³/mol. The van der Waals surface area contributed by atoms with Gasteiger partial charge < -0.3 is 10.3 Å². The van der Waals surface area contributed by atoms with Gasteiger partial charge in [0.15, 0.2) is 0 Å². The SMILES string of the molecule is Nc1cc(-c2noc(-c3cnc4ccc(-c5ccc(C(F)(F)F)cc5)cn34)n2)ccn1. The molecule has 5 rings (SSSR count). The highest BCUT2D eigenvalue weighted by Crippen LogP contribution is 2.31. The van der Waals surface area contributed by atoms with Gasteiger partial charge in [0, 0.05) is 18.0 Å². The highest BCUT2D eigenvalue weighted by atomic mass is 19.4. The predicted octanol–water partition coefficient (Wildman–Crippen LogP) is 4.71. The van der Waals surface area contributed by atoms with Gasteiger partial charge in [0.2, 0.25) is 5.82 Å². The van der Waals surface area contributed by atoms with Crippen molar-refractivity contribution in [3.8, 4) is 34.1 Å². The summed E-state index contributed by atoms with van der Waals surface area (Å²) in [7, 11) is 0. The molecule has 0 aliphatic carbocycles. The van der Waals surface area contributed by atoms with Gasteiger partial charge in [-0.2, -0.15) is 18.2 Å². The Kier molecular flexibility index (Phi) is 4.21. The lowest BCUT2D eigenvalue weighted by atomic mass is 10.1. The average molecular weight is 422 g/mol. The second-order valence-corrected chi connectivity index (χ2v) is 6.76. The van der Waals surface area contributed by atoms with Gasteiger partial charge in [-0.25, -0.2) is 9.97 Å². The van der Waals surface area contributed by atoms with E-state index in [1.807, 2.05) is 0 Å². The number of hydrogen-bond donors (Lipinski definition) is 1. The third-order valence-electron chi connectivity index (χ3n) is 4.74. The number of nitrogens with zero attached hydrogens (tertiary/aromatic N) is 5. The smallest absolute Gasteiger partial charge is 0.384 e. The summed E-state index contributed by atoms with van der Waals surface area (Å²) in [6.07, 6.45) is 0.513. The van der Waals surface area contributed by atoms with Crippen molar-refractivity contribution in [2.24, 2.45) is 0 Å². The molecule has 154 valence electrons. The minimum atomic E-state index is -4.38. The van der Waals surface area contributed by atoms with E-state index in [-0.39, 0.29) is 5.89 Å². The van der Waals surface area contributed by atoms with Crippen LogP contribution in [0.2, 0.25) is 0 Å². The van der Waals surface area contributed by atoms with E-state index in [2.05, 4.69) is 20.1 Å². The van der Waals surface area contributed by atoms with Crippen molar-refractivity contribution in [3.05, 3.63) is 72.7 Å². The van der Waals surface area contributed by atoms with Gasteiger partial charge in [0.25, 0.3) is 5.89 Å². The molecular weight excluding hydrogens is 409 g/mol. The number of halogens is 3. The van der Waals surface area contributed by atoms with Crippen LogP contribution in [0.25, 0.3) is 39.7 Å². The van der Waals surface area contributed by atoms with Crippen LogP contribution in [0.15, 0.2) is 71.6 Å². The summed E-state index contributed by atoms with van der Waals surface area (Å²) >= 11 is 0. The lowest BCUT2D eigenvalue weighted by Gasteiger charge is -2.08. The Morgan fingerprint density at radius 3 is 2.42 bits per heavy atom. The summed E-state index contributed by atoms with van der Waals surface area (Å²) in [4.78, 5) is 12.7. The molecule has 0 aliphatic rings. The molecule has 0 saturated heterocycles. The van der Waals surface area contributed by atoms with Crippen LogP contribution in [-0.2, 0) is 6.18 Å². The van der Waals surface area contributed by atoms with E-state index in [4.69, 9.17) is 10.3 Å². The van der Waals surface area contributed by atoms with Crippen LogP contribution in [0.5, 0.6) is 0 Å². The molecule has 0 atom stereocenters. The minimum absolute atomic E-state index is 0.238. The van der Waals surface area contributed by atoms with Gasteiger partial charge in [0.1, 0.15) is 17.2 Å². The molecule has 1 aromatic carbocycles. The van der Waals surface area contributed by atoms with E-state index in [9.17, 15) is 13.2 Å². The molecule has 0 aliphatic heterocycles. The fourth-order valence-corrected chi connectivity index (χ4v) is 3.19. The van der Waals surface area contributed by atoms with E-state index in [0.717, 1.165) is 12.1 Å². The van der Waals surface area contributed by atoms with Gasteiger partial charge in [-0.15, -0.1) is 0 Å². The Labute approximate surface area is 173 Å². The first-order valence-corrected chi connectivity index (χ1v) is 9.09. The third-order valence-corrected chi connectivity index (χ3v) is 4.74. The number of nitrogen functional groups attached to an aromatic ring is 1. The second-order valence-electron chi connectivity index (χ2n) is 6.76. The maximum atomic E-state index is 12.8. The summed E-state index contributed by atoms with van der Waals surface area (Å²) in [5, 5.41) is 3.99. The monoisotopic (exact) mass is 422 g/mol. The molecule has 7 nitrogen and oxygen atoms in total. The summed E-state index contributed by atoms with van der Waals surface area (Å²) in [5.74, 6) is 0.917. The number of rotatable bonds is 3. The topological polar surface area (TPSA) is 95.1 Å². The van der Waals surface area contributed by atoms with Gasteiger partial charge in [0.05, 0.1) is 11.8 Å². The Morgan fingerprint density at radius 2 is 1.68 bits per heavy atom. The zero-order valence-corrected chi connectivity index (χ0v) is 15.7. The number of pyridine rings is 2. The van der Waals surface area contributed by atoms with Crippen LogP contribution in [-0.4, -0.2) is 24.5 Å². The standard InChI is InChI=1S/C21H13F3N6O/c22-21(23,24)15-4-1-12(2-5-15)14-3-6-18-27-10-16(30(18)11-14)20-28-19(29-31-20)13-7-8-26-17(25)9-13/h1-11H,(H2,25,26). The number of alkyl halides is 3. The number of anilines is 1. The number of benzene rings is 1. The van der Waals surface area contributed by atoms with Crippen molar-refractivity contribution in [2.45, 2.75) is 6.18 Å². The highest BCUT2D eigenvalue weighted by molar-refractivity contribution is 5.68. The number of aromatic nitrogens is 5. The second kappa shape index (κ2) is 6.94. The van der Waals surface area contributed by atoms with Gasteiger partial charge in [-0.1, -0.05) is 17.3 Å². The zero-order valence-electron chi connectivity index (χ0n) is 15.7. The quantitative estimate of drug-likeness (QED) is 0.452. The molecule has 0 bridgehead atoms.